The molecule has 1 aliphatic carbocycles. The average molecular weight is 275 g/mol. The molecule has 0 N–H and O–H groups in total. The second kappa shape index (κ2) is 4.55. The Morgan fingerprint density at radius 2 is 2.18 bits per heavy atom. The van der Waals surface area contributed by atoms with Crippen molar-refractivity contribution in [1.82, 2.24) is 9.29 Å². The Bertz CT molecular complexity index is 514. The molecule has 0 aliphatic heterocycles. The number of rotatable bonds is 4. The van der Waals surface area contributed by atoms with Gasteiger partial charge in [0.1, 0.15) is 10.0 Å². The summed E-state index contributed by atoms with van der Waals surface area (Å²) in [5, 5.41) is 0.0300. The van der Waals surface area contributed by atoms with Gasteiger partial charge in [-0.15, -0.1) is 0 Å². The molecule has 0 aromatic carbocycles. The standard InChI is InChI=1S/C11H15ClN2O2S/c1-8(9-5-6-9)14(2)17(15,16)10-4-3-7-13-11(10)12/h3-4,7-9H,5-6H2,1-2H3. The van der Waals surface area contributed by atoms with Crippen molar-refractivity contribution in [3.05, 3.63) is 23.5 Å². The lowest BCUT2D eigenvalue weighted by Gasteiger charge is -2.24. The first-order chi connectivity index (χ1) is 7.94. The minimum Gasteiger partial charge on any atom is -0.243 e. The van der Waals surface area contributed by atoms with E-state index < -0.39 is 10.0 Å². The van der Waals surface area contributed by atoms with Crippen LogP contribution in [0.2, 0.25) is 5.15 Å². The molecule has 6 heteroatoms. The zero-order valence-electron chi connectivity index (χ0n) is 9.80. The van der Waals surface area contributed by atoms with Crippen molar-refractivity contribution in [1.29, 1.82) is 0 Å². The van der Waals surface area contributed by atoms with Gasteiger partial charge in [0.05, 0.1) is 0 Å². The Balaban J connectivity index is 2.32. The maximum Gasteiger partial charge on any atom is 0.246 e. The Kier molecular flexibility index (Phi) is 3.43. The molecule has 2 rings (SSSR count). The Morgan fingerprint density at radius 1 is 1.53 bits per heavy atom. The van der Waals surface area contributed by atoms with Crippen molar-refractivity contribution in [2.75, 3.05) is 7.05 Å². The highest BCUT2D eigenvalue weighted by molar-refractivity contribution is 7.89. The van der Waals surface area contributed by atoms with Crippen molar-refractivity contribution in [2.45, 2.75) is 30.7 Å². The number of nitrogens with zero attached hydrogens (tertiary/aromatic N) is 2. The predicted octanol–water partition coefficient (Wildman–Crippen LogP) is 2.15. The van der Waals surface area contributed by atoms with E-state index in [1.54, 1.807) is 13.1 Å². The van der Waals surface area contributed by atoms with Crippen molar-refractivity contribution in [3.63, 3.8) is 0 Å². The zero-order valence-corrected chi connectivity index (χ0v) is 11.4. The van der Waals surface area contributed by atoms with Gasteiger partial charge in [-0.2, -0.15) is 4.31 Å². The molecule has 0 saturated heterocycles. The van der Waals surface area contributed by atoms with Crippen LogP contribution in [0.15, 0.2) is 23.2 Å². The zero-order chi connectivity index (χ0) is 12.6. The van der Waals surface area contributed by atoms with Gasteiger partial charge in [-0.25, -0.2) is 13.4 Å². The van der Waals surface area contributed by atoms with Crippen LogP contribution in [-0.4, -0.2) is 30.8 Å². The molecule has 1 unspecified atom stereocenters. The lowest BCUT2D eigenvalue weighted by molar-refractivity contribution is 0.357. The Labute approximate surface area is 107 Å². The van der Waals surface area contributed by atoms with E-state index in [0.29, 0.717) is 5.92 Å². The molecule has 0 amide bonds. The van der Waals surface area contributed by atoms with Gasteiger partial charge in [0.15, 0.2) is 0 Å². The van der Waals surface area contributed by atoms with Crippen LogP contribution in [0.3, 0.4) is 0 Å². The summed E-state index contributed by atoms with van der Waals surface area (Å²) in [5.74, 6) is 0.477. The van der Waals surface area contributed by atoms with Gasteiger partial charge in [0, 0.05) is 19.3 Å². The predicted molar refractivity (Wildman–Crippen MR) is 66.4 cm³/mol. The second-order valence-corrected chi connectivity index (χ2v) is 6.72. The molecule has 1 aliphatic rings. The van der Waals surface area contributed by atoms with E-state index in [2.05, 4.69) is 4.98 Å². The molecular formula is C11H15ClN2O2S. The van der Waals surface area contributed by atoms with E-state index in [1.807, 2.05) is 6.92 Å². The van der Waals surface area contributed by atoms with Crippen LogP contribution in [0.25, 0.3) is 0 Å². The van der Waals surface area contributed by atoms with Crippen molar-refractivity contribution in [2.24, 2.45) is 5.92 Å². The molecule has 1 heterocycles. The first kappa shape index (κ1) is 12.8. The minimum absolute atomic E-state index is 0.0104. The molecular weight excluding hydrogens is 260 g/mol. The summed E-state index contributed by atoms with van der Waals surface area (Å²) >= 11 is 5.84. The summed E-state index contributed by atoms with van der Waals surface area (Å²) in [6.07, 6.45) is 3.68. The Morgan fingerprint density at radius 3 is 2.71 bits per heavy atom. The molecule has 17 heavy (non-hydrogen) atoms. The van der Waals surface area contributed by atoms with E-state index in [9.17, 15) is 8.42 Å². The highest BCUT2D eigenvalue weighted by atomic mass is 35.5. The van der Waals surface area contributed by atoms with E-state index in [0.717, 1.165) is 12.8 Å². The lowest BCUT2D eigenvalue weighted by Crippen LogP contribution is -2.36. The Hall–Kier alpha value is -0.650. The van der Waals surface area contributed by atoms with Gasteiger partial charge in [0.25, 0.3) is 0 Å². The van der Waals surface area contributed by atoms with Gasteiger partial charge < -0.3 is 0 Å². The van der Waals surface area contributed by atoms with Crippen LogP contribution in [0.1, 0.15) is 19.8 Å². The number of pyridine rings is 1. The van der Waals surface area contributed by atoms with Gasteiger partial charge in [0.2, 0.25) is 10.0 Å². The van der Waals surface area contributed by atoms with E-state index in [-0.39, 0.29) is 16.1 Å². The SMILES string of the molecule is CC(C1CC1)N(C)S(=O)(=O)c1cccnc1Cl. The maximum atomic E-state index is 12.3. The normalized spacial score (nSPS) is 18.4. The molecule has 1 aromatic rings. The molecule has 94 valence electrons. The summed E-state index contributed by atoms with van der Waals surface area (Å²) < 4.78 is 26.1. The van der Waals surface area contributed by atoms with Gasteiger partial charge >= 0.3 is 0 Å². The van der Waals surface area contributed by atoms with Gasteiger partial charge in [-0.1, -0.05) is 11.6 Å². The number of hydrogen-bond donors (Lipinski definition) is 0. The van der Waals surface area contributed by atoms with Crippen LogP contribution in [0.4, 0.5) is 0 Å². The third-order valence-corrected chi connectivity index (χ3v) is 5.65. The summed E-state index contributed by atoms with van der Waals surface area (Å²) in [6.45, 7) is 1.93. The minimum atomic E-state index is -3.54. The van der Waals surface area contributed by atoms with E-state index >= 15 is 0 Å². The second-order valence-electron chi connectivity index (χ2n) is 4.39. The highest BCUT2D eigenvalue weighted by Gasteiger charge is 2.36. The fourth-order valence-corrected chi connectivity index (χ4v) is 3.66. The number of hydrogen-bond acceptors (Lipinski definition) is 3. The lowest BCUT2D eigenvalue weighted by atomic mass is 10.2. The molecule has 1 fully saturated rings. The highest BCUT2D eigenvalue weighted by Crippen LogP contribution is 2.36. The number of halogens is 1. The quantitative estimate of drug-likeness (QED) is 0.791. The van der Waals surface area contributed by atoms with Crippen molar-refractivity contribution >= 4 is 21.6 Å². The van der Waals surface area contributed by atoms with Crippen LogP contribution in [0.5, 0.6) is 0 Å². The maximum absolute atomic E-state index is 12.3. The molecule has 1 saturated carbocycles. The first-order valence-corrected chi connectivity index (χ1v) is 7.35. The molecule has 0 bridgehead atoms. The van der Waals surface area contributed by atoms with Crippen molar-refractivity contribution < 1.29 is 8.42 Å². The van der Waals surface area contributed by atoms with E-state index in [1.165, 1.54) is 16.6 Å². The third-order valence-electron chi connectivity index (χ3n) is 3.26. The molecule has 0 spiro atoms. The largest absolute Gasteiger partial charge is 0.246 e. The number of sulfonamides is 1. The summed E-state index contributed by atoms with van der Waals surface area (Å²) in [6, 6.07) is 3.08. The fourth-order valence-electron chi connectivity index (χ4n) is 1.81. The summed E-state index contributed by atoms with van der Waals surface area (Å²) in [4.78, 5) is 3.89. The monoisotopic (exact) mass is 274 g/mol. The third kappa shape index (κ3) is 2.46. The van der Waals surface area contributed by atoms with Gasteiger partial charge in [-0.3, -0.25) is 0 Å². The molecule has 0 radical (unpaired) electrons. The first-order valence-electron chi connectivity index (χ1n) is 5.53. The number of aromatic nitrogens is 1. The van der Waals surface area contributed by atoms with Gasteiger partial charge in [-0.05, 0) is 37.8 Å². The van der Waals surface area contributed by atoms with Crippen LogP contribution < -0.4 is 0 Å². The fraction of sp³-hybridized carbons (Fsp3) is 0.545. The van der Waals surface area contributed by atoms with Crippen LogP contribution in [0, 0.1) is 5.92 Å². The molecule has 4 nitrogen and oxygen atoms in total. The average Bonchev–Trinajstić information content (AvgIpc) is 3.11. The topological polar surface area (TPSA) is 50.3 Å². The molecule has 1 atom stereocenters. The smallest absolute Gasteiger partial charge is 0.243 e. The summed E-state index contributed by atoms with van der Waals surface area (Å²) in [7, 11) is -1.94. The van der Waals surface area contributed by atoms with Crippen LogP contribution >= 0.6 is 11.6 Å². The van der Waals surface area contributed by atoms with Crippen molar-refractivity contribution in [3.8, 4) is 0 Å². The molecule has 1 aromatic heterocycles. The van der Waals surface area contributed by atoms with E-state index in [4.69, 9.17) is 11.6 Å². The summed E-state index contributed by atoms with van der Waals surface area (Å²) in [5.41, 5.74) is 0. The van der Waals surface area contributed by atoms with Crippen LogP contribution in [-0.2, 0) is 10.0 Å².